The summed E-state index contributed by atoms with van der Waals surface area (Å²) in [6.07, 6.45) is 9.10. The number of aromatic nitrogens is 4. The molecule has 9 heteroatoms. The van der Waals surface area contributed by atoms with Crippen molar-refractivity contribution in [2.24, 2.45) is 0 Å². The molecule has 9 nitrogen and oxygen atoms in total. The van der Waals surface area contributed by atoms with Gasteiger partial charge in [-0.15, -0.1) is 0 Å². The molecule has 2 aromatic rings. The lowest BCUT2D eigenvalue weighted by atomic mass is 9.93. The summed E-state index contributed by atoms with van der Waals surface area (Å²) in [5.74, 6) is 1.05. The van der Waals surface area contributed by atoms with Crippen LogP contribution in [0.3, 0.4) is 0 Å². The van der Waals surface area contributed by atoms with Crippen LogP contribution in [0.25, 0.3) is 0 Å². The minimum Gasteiger partial charge on any atom is -0.391 e. The molecule has 3 heterocycles. The van der Waals surface area contributed by atoms with E-state index in [0.717, 1.165) is 50.9 Å². The predicted molar refractivity (Wildman–Crippen MR) is 110 cm³/mol. The lowest BCUT2D eigenvalue weighted by Gasteiger charge is -2.37. The number of nitrogens with one attached hydrogen (secondary N) is 2. The van der Waals surface area contributed by atoms with Gasteiger partial charge in [-0.1, -0.05) is 12.8 Å². The SMILES string of the molecule is O=c1[nH]ccnc1NCC1CCCCN1c1ccc(=O)n(C2CCCCC2O)n1. The Bertz CT molecular complexity index is 942. The molecule has 1 saturated heterocycles. The molecule has 0 bridgehead atoms. The van der Waals surface area contributed by atoms with E-state index in [2.05, 4.69) is 25.3 Å². The molecule has 4 rings (SSSR count). The smallest absolute Gasteiger partial charge is 0.290 e. The number of aliphatic hydroxyl groups is 1. The van der Waals surface area contributed by atoms with Gasteiger partial charge in [-0.3, -0.25) is 9.59 Å². The van der Waals surface area contributed by atoms with Gasteiger partial charge in [0.1, 0.15) is 5.82 Å². The zero-order valence-electron chi connectivity index (χ0n) is 16.5. The van der Waals surface area contributed by atoms with E-state index >= 15 is 0 Å². The van der Waals surface area contributed by atoms with Gasteiger partial charge in [-0.2, -0.15) is 5.10 Å². The van der Waals surface area contributed by atoms with Crippen molar-refractivity contribution in [1.29, 1.82) is 0 Å². The van der Waals surface area contributed by atoms with Crippen LogP contribution in [0.5, 0.6) is 0 Å². The van der Waals surface area contributed by atoms with Crippen LogP contribution in [0.4, 0.5) is 11.6 Å². The van der Waals surface area contributed by atoms with E-state index in [1.165, 1.54) is 10.9 Å². The normalized spacial score (nSPS) is 25.0. The zero-order chi connectivity index (χ0) is 20.2. The highest BCUT2D eigenvalue weighted by Gasteiger charge is 2.28. The topological polar surface area (TPSA) is 116 Å². The van der Waals surface area contributed by atoms with Gasteiger partial charge in [0.05, 0.1) is 12.1 Å². The Hall–Kier alpha value is -2.68. The van der Waals surface area contributed by atoms with Crippen LogP contribution in [-0.2, 0) is 0 Å². The number of hydrogen-bond acceptors (Lipinski definition) is 7. The first kappa shape index (κ1) is 19.6. The molecular weight excluding hydrogens is 372 g/mol. The van der Waals surface area contributed by atoms with Crippen LogP contribution in [0, 0.1) is 0 Å². The number of piperidine rings is 1. The van der Waals surface area contributed by atoms with E-state index in [0.29, 0.717) is 18.8 Å². The fourth-order valence-electron chi connectivity index (χ4n) is 4.39. The summed E-state index contributed by atoms with van der Waals surface area (Å²) in [6.45, 7) is 1.40. The number of anilines is 2. The quantitative estimate of drug-likeness (QED) is 0.692. The lowest BCUT2D eigenvalue weighted by Crippen LogP contribution is -2.46. The molecule has 2 fully saturated rings. The molecule has 0 amide bonds. The van der Waals surface area contributed by atoms with Gasteiger partial charge in [-0.05, 0) is 38.2 Å². The highest BCUT2D eigenvalue weighted by atomic mass is 16.3. The molecule has 29 heavy (non-hydrogen) atoms. The van der Waals surface area contributed by atoms with Crippen LogP contribution in [-0.4, -0.2) is 50.1 Å². The Labute approximate surface area is 168 Å². The molecule has 3 atom stereocenters. The first-order chi connectivity index (χ1) is 14.1. The van der Waals surface area contributed by atoms with Crippen LogP contribution < -0.4 is 21.3 Å². The fraction of sp³-hybridized carbons (Fsp3) is 0.600. The molecule has 1 saturated carbocycles. The van der Waals surface area contributed by atoms with Crippen molar-refractivity contribution in [3.05, 3.63) is 45.2 Å². The molecule has 3 unspecified atom stereocenters. The summed E-state index contributed by atoms with van der Waals surface area (Å²) in [6, 6.07) is 3.19. The van der Waals surface area contributed by atoms with Gasteiger partial charge >= 0.3 is 0 Å². The van der Waals surface area contributed by atoms with Crippen molar-refractivity contribution < 1.29 is 5.11 Å². The number of nitrogens with zero attached hydrogens (tertiary/aromatic N) is 4. The van der Waals surface area contributed by atoms with E-state index in [4.69, 9.17) is 0 Å². The molecule has 1 aliphatic carbocycles. The van der Waals surface area contributed by atoms with Crippen molar-refractivity contribution in [1.82, 2.24) is 19.7 Å². The average Bonchev–Trinajstić information content (AvgIpc) is 2.74. The second kappa shape index (κ2) is 8.77. The summed E-state index contributed by atoms with van der Waals surface area (Å²) < 4.78 is 1.47. The standard InChI is InChI=1S/C20H28N6O3/c27-16-7-2-1-6-15(16)26-18(28)9-8-17(24-26)25-12-4-3-5-14(25)13-23-19-20(29)22-11-10-21-19/h8-11,14-16,27H,1-7,12-13H2,(H,21,23)(H,22,29). The zero-order valence-corrected chi connectivity index (χ0v) is 16.5. The molecule has 1 aliphatic heterocycles. The van der Waals surface area contributed by atoms with E-state index in [9.17, 15) is 14.7 Å². The molecule has 0 spiro atoms. The number of aliphatic hydroxyl groups excluding tert-OH is 1. The summed E-state index contributed by atoms with van der Waals surface area (Å²) in [4.78, 5) is 33.2. The Morgan fingerprint density at radius 2 is 1.97 bits per heavy atom. The molecule has 3 N–H and O–H groups in total. The van der Waals surface area contributed by atoms with Crippen molar-refractivity contribution in [2.75, 3.05) is 23.3 Å². The van der Waals surface area contributed by atoms with Gasteiger partial charge < -0.3 is 20.3 Å². The summed E-state index contributed by atoms with van der Waals surface area (Å²) in [7, 11) is 0. The van der Waals surface area contributed by atoms with Crippen molar-refractivity contribution >= 4 is 11.6 Å². The molecular formula is C20H28N6O3. The van der Waals surface area contributed by atoms with E-state index in [1.807, 2.05) is 0 Å². The van der Waals surface area contributed by atoms with Crippen LogP contribution >= 0.6 is 0 Å². The van der Waals surface area contributed by atoms with Crippen LogP contribution in [0.15, 0.2) is 34.1 Å². The predicted octanol–water partition coefficient (Wildman–Crippen LogP) is 1.27. The number of rotatable bonds is 5. The largest absolute Gasteiger partial charge is 0.391 e. The Morgan fingerprint density at radius 1 is 1.14 bits per heavy atom. The maximum atomic E-state index is 12.4. The van der Waals surface area contributed by atoms with Gasteiger partial charge in [-0.25, -0.2) is 9.67 Å². The third-order valence-corrected chi connectivity index (χ3v) is 5.95. The summed E-state index contributed by atoms with van der Waals surface area (Å²) in [5, 5.41) is 18.2. The lowest BCUT2D eigenvalue weighted by molar-refractivity contribution is 0.0669. The van der Waals surface area contributed by atoms with Gasteiger partial charge in [0, 0.05) is 37.6 Å². The Morgan fingerprint density at radius 3 is 2.79 bits per heavy atom. The fourth-order valence-corrected chi connectivity index (χ4v) is 4.39. The van der Waals surface area contributed by atoms with Crippen LogP contribution in [0.1, 0.15) is 51.0 Å². The molecule has 0 aromatic carbocycles. The minimum absolute atomic E-state index is 0.139. The van der Waals surface area contributed by atoms with Crippen LogP contribution in [0.2, 0.25) is 0 Å². The minimum atomic E-state index is -0.529. The third kappa shape index (κ3) is 4.34. The summed E-state index contributed by atoms with van der Waals surface area (Å²) >= 11 is 0. The van der Waals surface area contributed by atoms with Crippen molar-refractivity contribution in [3.63, 3.8) is 0 Å². The average molecular weight is 400 g/mol. The van der Waals surface area contributed by atoms with E-state index in [1.54, 1.807) is 18.3 Å². The second-order valence-electron chi connectivity index (χ2n) is 7.88. The Kier molecular flexibility index (Phi) is 5.94. The number of aromatic amines is 1. The molecule has 2 aromatic heterocycles. The van der Waals surface area contributed by atoms with Gasteiger partial charge in [0.15, 0.2) is 5.82 Å². The Balaban J connectivity index is 1.55. The number of hydrogen-bond donors (Lipinski definition) is 3. The maximum Gasteiger partial charge on any atom is 0.290 e. The van der Waals surface area contributed by atoms with E-state index in [-0.39, 0.29) is 23.2 Å². The highest BCUT2D eigenvalue weighted by Crippen LogP contribution is 2.28. The van der Waals surface area contributed by atoms with Crippen molar-refractivity contribution in [3.8, 4) is 0 Å². The molecule has 156 valence electrons. The monoisotopic (exact) mass is 400 g/mol. The number of H-pyrrole nitrogens is 1. The summed E-state index contributed by atoms with van der Waals surface area (Å²) in [5.41, 5.74) is -0.417. The first-order valence-corrected chi connectivity index (χ1v) is 10.5. The second-order valence-corrected chi connectivity index (χ2v) is 7.88. The van der Waals surface area contributed by atoms with Crippen molar-refractivity contribution in [2.45, 2.75) is 63.1 Å². The molecule has 0 radical (unpaired) electrons. The van der Waals surface area contributed by atoms with Gasteiger partial charge in [0.2, 0.25) is 0 Å². The highest BCUT2D eigenvalue weighted by molar-refractivity contribution is 5.40. The first-order valence-electron chi connectivity index (χ1n) is 10.5. The molecule has 2 aliphatic rings. The van der Waals surface area contributed by atoms with E-state index < -0.39 is 6.10 Å². The van der Waals surface area contributed by atoms with Gasteiger partial charge in [0.25, 0.3) is 11.1 Å². The third-order valence-electron chi connectivity index (χ3n) is 5.95. The maximum absolute atomic E-state index is 12.4.